The zero-order valence-electron chi connectivity index (χ0n) is 18.1. The molecule has 0 spiro atoms. The summed E-state index contributed by atoms with van der Waals surface area (Å²) in [5.74, 6) is 0. The fourth-order valence-corrected chi connectivity index (χ4v) is 3.07. The normalized spacial score (nSPS) is 10.7. The Balaban J connectivity index is 0. The van der Waals surface area contributed by atoms with Crippen molar-refractivity contribution in [3.63, 3.8) is 0 Å². The van der Waals surface area contributed by atoms with Crippen LogP contribution in [0.5, 0.6) is 0 Å². The average Bonchev–Trinajstić information content (AvgIpc) is 2.61. The van der Waals surface area contributed by atoms with Crippen LogP contribution >= 0.6 is 7.82 Å². The Morgan fingerprint density at radius 2 is 1.04 bits per heavy atom. The topological polar surface area (TPSA) is 87.3 Å². The summed E-state index contributed by atoms with van der Waals surface area (Å²) in [6.07, 6.45) is 24.4. The molecular formula is C21H39NNaO4P. The zero-order chi connectivity index (χ0) is 20.2. The van der Waals surface area contributed by atoms with E-state index in [1.54, 1.807) is 0 Å². The second kappa shape index (κ2) is 22.0. The van der Waals surface area contributed by atoms with Gasteiger partial charge in [-0.05, 0) is 6.42 Å². The van der Waals surface area contributed by atoms with Gasteiger partial charge < -0.3 is 19.2 Å². The number of nitrogens with zero attached hydrogens (tertiary/aromatic N) is 1. The monoisotopic (exact) mass is 423 g/mol. The third kappa shape index (κ3) is 28.5. The van der Waals surface area contributed by atoms with Crippen LogP contribution in [-0.4, -0.2) is 4.89 Å². The quantitative estimate of drug-likeness (QED) is 0.199. The molecule has 1 aromatic rings. The van der Waals surface area contributed by atoms with E-state index in [-0.39, 0.29) is 29.6 Å². The van der Waals surface area contributed by atoms with Gasteiger partial charge in [0.05, 0.1) is 7.82 Å². The van der Waals surface area contributed by atoms with Crippen LogP contribution in [0.1, 0.15) is 96.8 Å². The molecule has 0 unspecified atom stereocenters. The van der Waals surface area contributed by atoms with Gasteiger partial charge in [-0.25, -0.2) is 4.57 Å². The molecule has 1 N–H and O–H groups in total. The summed E-state index contributed by atoms with van der Waals surface area (Å²) in [7, 11) is -5.14. The van der Waals surface area contributed by atoms with E-state index >= 15 is 0 Å². The van der Waals surface area contributed by atoms with Crippen molar-refractivity contribution >= 4 is 7.82 Å². The molecule has 0 radical (unpaired) electrons. The molecule has 0 aromatic carbocycles. The van der Waals surface area contributed by atoms with E-state index in [4.69, 9.17) is 19.2 Å². The molecule has 0 amide bonds. The summed E-state index contributed by atoms with van der Waals surface area (Å²) in [6, 6.07) is 6.31. The van der Waals surface area contributed by atoms with Crippen LogP contribution in [0.4, 0.5) is 0 Å². The second-order valence-corrected chi connectivity index (χ2v) is 8.12. The van der Waals surface area contributed by atoms with Gasteiger partial charge in [0.15, 0.2) is 12.4 Å². The van der Waals surface area contributed by atoms with Gasteiger partial charge in [-0.1, -0.05) is 90.0 Å². The predicted octanol–water partition coefficient (Wildman–Crippen LogP) is 1.27. The number of aryl methyl sites for hydroxylation is 1. The molecule has 1 aromatic heterocycles. The van der Waals surface area contributed by atoms with Crippen molar-refractivity contribution in [2.24, 2.45) is 0 Å². The molecule has 1 rings (SSSR count). The van der Waals surface area contributed by atoms with Crippen molar-refractivity contribution in [1.82, 2.24) is 0 Å². The molecule has 0 atom stereocenters. The van der Waals surface area contributed by atoms with Crippen LogP contribution in [0.15, 0.2) is 30.6 Å². The van der Waals surface area contributed by atoms with Crippen molar-refractivity contribution in [2.45, 2.75) is 103 Å². The van der Waals surface area contributed by atoms with Gasteiger partial charge in [-0.2, -0.15) is 0 Å². The second-order valence-electron chi connectivity index (χ2n) is 7.18. The molecule has 0 fully saturated rings. The van der Waals surface area contributed by atoms with Crippen molar-refractivity contribution < 1.29 is 53.4 Å². The maximum Gasteiger partial charge on any atom is 1.00 e. The fourth-order valence-electron chi connectivity index (χ4n) is 3.07. The first-order valence-corrected chi connectivity index (χ1v) is 12.1. The van der Waals surface area contributed by atoms with Crippen LogP contribution < -0.4 is 43.9 Å². The van der Waals surface area contributed by atoms with E-state index in [0.717, 1.165) is 0 Å². The third-order valence-corrected chi connectivity index (χ3v) is 4.55. The Morgan fingerprint density at radius 1 is 0.714 bits per heavy atom. The summed E-state index contributed by atoms with van der Waals surface area (Å²) < 4.78 is 11.0. The standard InChI is InChI=1S/C21H38N.Na.H3O4P/c1-2-3-4-5-6-7-8-9-10-11-12-13-14-16-19-22-20-17-15-18-21-22;;1-5(2,3)4/h15,17-18,20-21H,2-14,16,19H2,1H3;;(H3,1,2,3,4)/q2*+1;/p-2. The van der Waals surface area contributed by atoms with Gasteiger partial charge in [-0.3, -0.25) is 0 Å². The van der Waals surface area contributed by atoms with Crippen LogP contribution in [0, 0.1) is 0 Å². The Hall–Kier alpha value is 0.260. The van der Waals surface area contributed by atoms with Gasteiger partial charge in [0.1, 0.15) is 6.54 Å². The first-order chi connectivity index (χ1) is 12.9. The molecule has 0 aliphatic heterocycles. The van der Waals surface area contributed by atoms with E-state index in [1.807, 2.05) is 0 Å². The molecule has 5 nitrogen and oxygen atoms in total. The van der Waals surface area contributed by atoms with Gasteiger partial charge >= 0.3 is 29.6 Å². The number of hydrogen-bond donors (Lipinski definition) is 1. The number of pyridine rings is 1. The van der Waals surface area contributed by atoms with Crippen LogP contribution in [0.2, 0.25) is 0 Å². The van der Waals surface area contributed by atoms with Gasteiger partial charge in [0, 0.05) is 18.6 Å². The molecular weight excluding hydrogens is 384 g/mol. The first-order valence-electron chi connectivity index (χ1n) is 10.6. The molecule has 0 saturated carbocycles. The number of aromatic nitrogens is 1. The smallest absolute Gasteiger partial charge is 0.790 e. The van der Waals surface area contributed by atoms with Crippen molar-refractivity contribution in [2.75, 3.05) is 0 Å². The van der Waals surface area contributed by atoms with E-state index in [2.05, 4.69) is 42.1 Å². The van der Waals surface area contributed by atoms with E-state index in [9.17, 15) is 0 Å². The molecule has 28 heavy (non-hydrogen) atoms. The minimum atomic E-state index is -5.14. The molecule has 0 bridgehead atoms. The van der Waals surface area contributed by atoms with Gasteiger partial charge in [-0.15, -0.1) is 0 Å². The van der Waals surface area contributed by atoms with Gasteiger partial charge in [0.2, 0.25) is 0 Å². The summed E-state index contributed by atoms with van der Waals surface area (Å²) >= 11 is 0. The number of rotatable bonds is 15. The van der Waals surface area contributed by atoms with E-state index < -0.39 is 7.82 Å². The maximum atomic E-state index is 8.66. The zero-order valence-corrected chi connectivity index (χ0v) is 21.0. The summed E-state index contributed by atoms with van der Waals surface area (Å²) in [6.45, 7) is 3.47. The third-order valence-electron chi connectivity index (χ3n) is 4.55. The number of hydrogen-bond acceptors (Lipinski definition) is 3. The Bertz CT molecular complexity index is 462. The van der Waals surface area contributed by atoms with E-state index in [0.29, 0.717) is 0 Å². The summed E-state index contributed by atoms with van der Waals surface area (Å²) in [5.41, 5.74) is 0. The largest absolute Gasteiger partial charge is 1.00 e. The summed E-state index contributed by atoms with van der Waals surface area (Å²) in [4.78, 5) is 24.3. The Labute approximate surface area is 194 Å². The van der Waals surface area contributed by atoms with Crippen molar-refractivity contribution in [1.29, 1.82) is 0 Å². The maximum absolute atomic E-state index is 8.66. The molecule has 0 aliphatic carbocycles. The van der Waals surface area contributed by atoms with Crippen LogP contribution in [-0.2, 0) is 11.1 Å². The first kappa shape index (κ1) is 30.5. The number of phosphoric acid groups is 1. The van der Waals surface area contributed by atoms with Crippen molar-refractivity contribution in [3.05, 3.63) is 30.6 Å². The molecule has 158 valence electrons. The molecule has 7 heteroatoms. The fraction of sp³-hybridized carbons (Fsp3) is 0.762. The van der Waals surface area contributed by atoms with Crippen LogP contribution in [0.25, 0.3) is 0 Å². The van der Waals surface area contributed by atoms with Crippen LogP contribution in [0.3, 0.4) is 0 Å². The molecule has 0 saturated heterocycles. The Kier molecular flexibility index (Phi) is 23.9. The average molecular weight is 424 g/mol. The minimum Gasteiger partial charge on any atom is -0.790 e. The predicted molar refractivity (Wildman–Crippen MR) is 107 cm³/mol. The van der Waals surface area contributed by atoms with E-state index in [1.165, 1.54) is 96.4 Å². The number of unbranched alkanes of at least 4 members (excludes halogenated alkanes) is 13. The Morgan fingerprint density at radius 3 is 1.39 bits per heavy atom. The van der Waals surface area contributed by atoms with Crippen molar-refractivity contribution in [3.8, 4) is 0 Å². The van der Waals surface area contributed by atoms with Gasteiger partial charge in [0.25, 0.3) is 0 Å². The molecule has 0 aliphatic rings. The SMILES string of the molecule is CCCCCCCCCCCCCCCC[n+]1ccccc1.O=P([O-])([O-])O.[Na+]. The minimum absolute atomic E-state index is 0. The summed E-state index contributed by atoms with van der Waals surface area (Å²) in [5, 5.41) is 0. The molecule has 1 heterocycles.